The van der Waals surface area contributed by atoms with Crippen LogP contribution in [0.1, 0.15) is 6.92 Å². The van der Waals surface area contributed by atoms with Gasteiger partial charge in [0, 0.05) is 24.4 Å². The van der Waals surface area contributed by atoms with Crippen molar-refractivity contribution in [3.05, 3.63) is 48.3 Å². The highest BCUT2D eigenvalue weighted by molar-refractivity contribution is 5.94. The Morgan fingerprint density at radius 1 is 1.27 bits per heavy atom. The fourth-order valence-corrected chi connectivity index (χ4v) is 2.48. The summed E-state index contributed by atoms with van der Waals surface area (Å²) in [6, 6.07) is 10.9. The lowest BCUT2D eigenvalue weighted by molar-refractivity contribution is -0.120. The van der Waals surface area contributed by atoms with Gasteiger partial charge in [-0.1, -0.05) is 6.07 Å². The minimum absolute atomic E-state index is 0.142. The molecule has 1 amide bonds. The van der Waals surface area contributed by atoms with E-state index in [-0.39, 0.29) is 24.6 Å². The number of carbonyl (C=O) groups is 1. The van der Waals surface area contributed by atoms with Crippen LogP contribution < -0.4 is 19.5 Å². The van der Waals surface area contributed by atoms with Crippen molar-refractivity contribution in [1.29, 1.82) is 0 Å². The van der Waals surface area contributed by atoms with E-state index >= 15 is 0 Å². The first-order valence-corrected chi connectivity index (χ1v) is 8.32. The van der Waals surface area contributed by atoms with E-state index in [1.807, 2.05) is 18.9 Å². The van der Waals surface area contributed by atoms with E-state index < -0.39 is 0 Å². The second-order valence-corrected chi connectivity index (χ2v) is 6.02. The summed E-state index contributed by atoms with van der Waals surface area (Å²) in [6.07, 6.45) is 0. The molecule has 0 aromatic heterocycles. The predicted molar refractivity (Wildman–Crippen MR) is 95.2 cm³/mol. The standard InChI is InChI=1S/C19H21FN2O4/c1-13(22(2)8-9-24-16-5-3-4-14(20)10-16)19(23)21-15-6-7-17-18(11-15)26-12-25-17/h3-7,10-11,13H,8-9,12H2,1-2H3,(H,21,23). The Balaban J connectivity index is 1.48. The van der Waals surface area contributed by atoms with Crippen LogP contribution in [0.4, 0.5) is 10.1 Å². The fraction of sp³-hybridized carbons (Fsp3) is 0.316. The second-order valence-electron chi connectivity index (χ2n) is 6.02. The molecule has 1 heterocycles. The normalized spacial score (nSPS) is 13.5. The number of benzene rings is 2. The molecular weight excluding hydrogens is 339 g/mol. The molecule has 0 bridgehead atoms. The Morgan fingerprint density at radius 2 is 2.08 bits per heavy atom. The molecule has 6 nitrogen and oxygen atoms in total. The summed E-state index contributed by atoms with van der Waals surface area (Å²) in [5, 5.41) is 2.86. The number of rotatable bonds is 7. The van der Waals surface area contributed by atoms with Crippen molar-refractivity contribution in [3.63, 3.8) is 0 Å². The monoisotopic (exact) mass is 360 g/mol. The van der Waals surface area contributed by atoms with Crippen molar-refractivity contribution >= 4 is 11.6 Å². The van der Waals surface area contributed by atoms with Gasteiger partial charge >= 0.3 is 0 Å². The van der Waals surface area contributed by atoms with Crippen molar-refractivity contribution < 1.29 is 23.4 Å². The van der Waals surface area contributed by atoms with Crippen LogP contribution in [0.15, 0.2) is 42.5 Å². The fourth-order valence-electron chi connectivity index (χ4n) is 2.48. The van der Waals surface area contributed by atoms with Crippen LogP contribution in [-0.4, -0.2) is 43.8 Å². The summed E-state index contributed by atoms with van der Waals surface area (Å²) in [5.74, 6) is 1.27. The van der Waals surface area contributed by atoms with Crippen molar-refractivity contribution in [1.82, 2.24) is 4.90 Å². The van der Waals surface area contributed by atoms with Gasteiger partial charge in [-0.3, -0.25) is 9.69 Å². The Hall–Kier alpha value is -2.80. The second kappa shape index (κ2) is 8.05. The first kappa shape index (κ1) is 18.0. The lowest BCUT2D eigenvalue weighted by atomic mass is 10.2. The van der Waals surface area contributed by atoms with Gasteiger partial charge in [0.05, 0.1) is 6.04 Å². The molecular formula is C19H21FN2O4. The predicted octanol–water partition coefficient (Wildman–Crippen LogP) is 2.89. The largest absolute Gasteiger partial charge is 0.492 e. The SMILES string of the molecule is CC(C(=O)Nc1ccc2c(c1)OCO2)N(C)CCOc1cccc(F)c1. The lowest BCUT2D eigenvalue weighted by Crippen LogP contribution is -2.41. The molecule has 1 unspecified atom stereocenters. The number of amides is 1. The highest BCUT2D eigenvalue weighted by Crippen LogP contribution is 2.34. The molecule has 138 valence electrons. The minimum atomic E-state index is -0.364. The van der Waals surface area contributed by atoms with E-state index in [2.05, 4.69) is 5.32 Å². The molecule has 0 saturated carbocycles. The zero-order valence-corrected chi connectivity index (χ0v) is 14.7. The van der Waals surface area contributed by atoms with E-state index in [0.29, 0.717) is 36.1 Å². The summed E-state index contributed by atoms with van der Waals surface area (Å²) in [5.41, 5.74) is 0.649. The maximum absolute atomic E-state index is 13.1. The summed E-state index contributed by atoms with van der Waals surface area (Å²) < 4.78 is 29.2. The van der Waals surface area contributed by atoms with Crippen molar-refractivity contribution in [2.24, 2.45) is 0 Å². The Bertz CT molecular complexity index is 784. The zero-order valence-electron chi connectivity index (χ0n) is 14.7. The molecule has 7 heteroatoms. The number of nitrogens with one attached hydrogen (secondary N) is 1. The maximum atomic E-state index is 13.1. The minimum Gasteiger partial charge on any atom is -0.492 e. The van der Waals surface area contributed by atoms with Gasteiger partial charge in [0.2, 0.25) is 12.7 Å². The van der Waals surface area contributed by atoms with Gasteiger partial charge in [0.1, 0.15) is 18.2 Å². The third-order valence-corrected chi connectivity index (χ3v) is 4.19. The molecule has 0 spiro atoms. The van der Waals surface area contributed by atoms with Gasteiger partial charge < -0.3 is 19.5 Å². The molecule has 1 atom stereocenters. The van der Waals surface area contributed by atoms with Gasteiger partial charge in [0.25, 0.3) is 0 Å². The van der Waals surface area contributed by atoms with Crippen LogP contribution in [0, 0.1) is 5.82 Å². The Labute approximate surface area is 151 Å². The van der Waals surface area contributed by atoms with E-state index in [1.165, 1.54) is 12.1 Å². The number of likely N-dealkylation sites (N-methyl/N-ethyl adjacent to an activating group) is 1. The number of halogens is 1. The van der Waals surface area contributed by atoms with Gasteiger partial charge in [-0.05, 0) is 38.2 Å². The quantitative estimate of drug-likeness (QED) is 0.823. The molecule has 3 rings (SSSR count). The van der Waals surface area contributed by atoms with Crippen LogP contribution in [0.5, 0.6) is 17.2 Å². The van der Waals surface area contributed by atoms with Crippen LogP contribution in [0.2, 0.25) is 0 Å². The number of anilines is 1. The van der Waals surface area contributed by atoms with Crippen LogP contribution >= 0.6 is 0 Å². The highest BCUT2D eigenvalue weighted by Gasteiger charge is 2.19. The Morgan fingerprint density at radius 3 is 2.88 bits per heavy atom. The molecule has 2 aromatic rings. The maximum Gasteiger partial charge on any atom is 0.241 e. The molecule has 1 aliphatic rings. The summed E-state index contributed by atoms with van der Waals surface area (Å²) >= 11 is 0. The first-order chi connectivity index (χ1) is 12.5. The topological polar surface area (TPSA) is 60.0 Å². The summed E-state index contributed by atoms with van der Waals surface area (Å²) in [7, 11) is 1.83. The average Bonchev–Trinajstić information content (AvgIpc) is 3.08. The molecule has 0 aliphatic carbocycles. The number of hydrogen-bond acceptors (Lipinski definition) is 5. The molecule has 0 fully saturated rings. The third kappa shape index (κ3) is 4.43. The van der Waals surface area contributed by atoms with Crippen LogP contribution in [0.3, 0.4) is 0 Å². The molecule has 1 N–H and O–H groups in total. The van der Waals surface area contributed by atoms with E-state index in [1.54, 1.807) is 30.3 Å². The number of hydrogen-bond donors (Lipinski definition) is 1. The smallest absolute Gasteiger partial charge is 0.241 e. The van der Waals surface area contributed by atoms with E-state index in [4.69, 9.17) is 14.2 Å². The summed E-state index contributed by atoms with van der Waals surface area (Å²) in [4.78, 5) is 14.3. The number of nitrogens with zero attached hydrogens (tertiary/aromatic N) is 1. The van der Waals surface area contributed by atoms with E-state index in [9.17, 15) is 9.18 Å². The molecule has 1 aliphatic heterocycles. The van der Waals surface area contributed by atoms with Gasteiger partial charge in [-0.25, -0.2) is 4.39 Å². The van der Waals surface area contributed by atoms with Gasteiger partial charge in [0.15, 0.2) is 11.5 Å². The van der Waals surface area contributed by atoms with Crippen LogP contribution in [-0.2, 0) is 4.79 Å². The third-order valence-electron chi connectivity index (χ3n) is 4.19. The molecule has 2 aromatic carbocycles. The average molecular weight is 360 g/mol. The van der Waals surface area contributed by atoms with Crippen molar-refractivity contribution in [3.8, 4) is 17.2 Å². The Kier molecular flexibility index (Phi) is 5.58. The van der Waals surface area contributed by atoms with E-state index in [0.717, 1.165) is 0 Å². The number of ether oxygens (including phenoxy) is 3. The van der Waals surface area contributed by atoms with Crippen LogP contribution in [0.25, 0.3) is 0 Å². The van der Waals surface area contributed by atoms with Gasteiger partial charge in [-0.15, -0.1) is 0 Å². The van der Waals surface area contributed by atoms with Gasteiger partial charge in [-0.2, -0.15) is 0 Å². The number of carbonyl (C=O) groups excluding carboxylic acids is 1. The van der Waals surface area contributed by atoms with Crippen molar-refractivity contribution in [2.75, 3.05) is 32.3 Å². The van der Waals surface area contributed by atoms with Crippen molar-refractivity contribution in [2.45, 2.75) is 13.0 Å². The zero-order chi connectivity index (χ0) is 18.5. The summed E-state index contributed by atoms with van der Waals surface area (Å²) in [6.45, 7) is 2.87. The highest BCUT2D eigenvalue weighted by atomic mass is 19.1. The lowest BCUT2D eigenvalue weighted by Gasteiger charge is -2.23. The molecule has 0 radical (unpaired) electrons. The molecule has 26 heavy (non-hydrogen) atoms. The first-order valence-electron chi connectivity index (χ1n) is 8.32. The number of fused-ring (bicyclic) bond motifs is 1. The molecule has 0 saturated heterocycles.